The lowest BCUT2D eigenvalue weighted by molar-refractivity contribution is 0.0137. The minimum absolute atomic E-state index is 0.0585. The van der Waals surface area contributed by atoms with Crippen LogP contribution < -0.4 is 0 Å². The number of aliphatic hydroxyl groups is 1. The van der Waals surface area contributed by atoms with E-state index in [9.17, 15) is 9.90 Å². The molecule has 2 aromatic carbocycles. The number of amides is 1. The molecule has 4 nitrogen and oxygen atoms in total. The summed E-state index contributed by atoms with van der Waals surface area (Å²) in [5.41, 5.74) is 4.40. The highest BCUT2D eigenvalue weighted by Crippen LogP contribution is 2.23. The Hall–Kier alpha value is -2.17. The van der Waals surface area contributed by atoms with E-state index in [1.807, 2.05) is 42.5 Å². The number of fused-ring (bicyclic) bond motifs is 1. The van der Waals surface area contributed by atoms with Gasteiger partial charge in [0, 0.05) is 19.2 Å². The molecule has 0 radical (unpaired) electrons. The van der Waals surface area contributed by atoms with E-state index in [4.69, 9.17) is 4.74 Å². The number of aliphatic hydroxyl groups excluding tert-OH is 1. The fourth-order valence-electron chi connectivity index (χ4n) is 3.26. The van der Waals surface area contributed by atoms with Gasteiger partial charge in [-0.05, 0) is 48.1 Å². The van der Waals surface area contributed by atoms with Crippen molar-refractivity contribution in [3.63, 3.8) is 0 Å². The van der Waals surface area contributed by atoms with Crippen LogP contribution in [0.1, 0.15) is 33.5 Å². The number of hydrogen-bond donors (Lipinski definition) is 1. The van der Waals surface area contributed by atoms with Crippen LogP contribution in [0.4, 0.5) is 0 Å². The van der Waals surface area contributed by atoms with Gasteiger partial charge in [-0.25, -0.2) is 0 Å². The summed E-state index contributed by atoms with van der Waals surface area (Å²) in [6, 6.07) is 15.8. The largest absolute Gasteiger partial charge is 0.389 e. The number of likely N-dealkylation sites (N-methyl/N-ethyl adjacent to an activating group) is 1. The lowest BCUT2D eigenvalue weighted by Gasteiger charge is -2.21. The van der Waals surface area contributed by atoms with E-state index in [1.54, 1.807) is 11.9 Å². The van der Waals surface area contributed by atoms with Crippen molar-refractivity contribution in [3.8, 4) is 0 Å². The summed E-state index contributed by atoms with van der Waals surface area (Å²) in [4.78, 5) is 14.1. The van der Waals surface area contributed by atoms with Crippen LogP contribution in [-0.4, -0.2) is 42.2 Å². The number of hydrogen-bond acceptors (Lipinski definition) is 3. The van der Waals surface area contributed by atoms with Crippen molar-refractivity contribution in [1.29, 1.82) is 0 Å². The minimum atomic E-state index is -0.702. The summed E-state index contributed by atoms with van der Waals surface area (Å²) in [5, 5.41) is 10.1. The zero-order valence-corrected chi connectivity index (χ0v) is 14.6. The number of nitrogens with zero attached hydrogens (tertiary/aromatic N) is 1. The summed E-state index contributed by atoms with van der Waals surface area (Å²) < 4.78 is 5.54. The lowest BCUT2D eigenvalue weighted by atomic mass is 10.1. The number of carbonyl (C=O) groups is 1. The molecule has 0 fully saturated rings. The van der Waals surface area contributed by atoms with Crippen molar-refractivity contribution < 1.29 is 14.6 Å². The molecule has 1 aliphatic carbocycles. The van der Waals surface area contributed by atoms with E-state index in [0.29, 0.717) is 12.2 Å². The van der Waals surface area contributed by atoms with Gasteiger partial charge in [-0.2, -0.15) is 0 Å². The Bertz CT molecular complexity index is 714. The molecule has 0 saturated carbocycles. The van der Waals surface area contributed by atoms with Crippen molar-refractivity contribution in [1.82, 2.24) is 4.90 Å². The normalized spacial score (nSPS) is 14.2. The number of carbonyl (C=O) groups excluding carboxylic acids is 1. The lowest BCUT2D eigenvalue weighted by Crippen LogP contribution is -2.36. The molecule has 1 N–H and O–H groups in total. The first-order valence-corrected chi connectivity index (χ1v) is 8.80. The van der Waals surface area contributed by atoms with Crippen molar-refractivity contribution in [2.24, 2.45) is 0 Å². The quantitative estimate of drug-likeness (QED) is 0.844. The fraction of sp³-hybridized carbons (Fsp3) is 0.381. The Balaban J connectivity index is 1.47. The van der Waals surface area contributed by atoms with E-state index in [-0.39, 0.29) is 19.1 Å². The summed E-state index contributed by atoms with van der Waals surface area (Å²) in [6.07, 6.45) is 2.63. The third kappa shape index (κ3) is 4.68. The monoisotopic (exact) mass is 339 g/mol. The van der Waals surface area contributed by atoms with Gasteiger partial charge in [0.25, 0.3) is 5.91 Å². The first kappa shape index (κ1) is 17.6. The molecule has 0 bridgehead atoms. The average molecular weight is 339 g/mol. The smallest absolute Gasteiger partial charge is 0.253 e. The van der Waals surface area contributed by atoms with E-state index in [2.05, 4.69) is 6.07 Å². The second-order valence-corrected chi connectivity index (χ2v) is 6.68. The third-order valence-corrected chi connectivity index (χ3v) is 4.60. The molecule has 1 atom stereocenters. The first-order valence-electron chi connectivity index (χ1n) is 8.80. The van der Waals surface area contributed by atoms with Crippen LogP contribution in [0, 0.1) is 0 Å². The van der Waals surface area contributed by atoms with Crippen LogP contribution in [0.5, 0.6) is 0 Å². The zero-order chi connectivity index (χ0) is 17.6. The molecular weight excluding hydrogens is 314 g/mol. The van der Waals surface area contributed by atoms with Crippen LogP contribution in [0.3, 0.4) is 0 Å². The molecule has 4 heteroatoms. The Morgan fingerprint density at radius 3 is 2.72 bits per heavy atom. The zero-order valence-electron chi connectivity index (χ0n) is 14.6. The SMILES string of the molecule is CN(CC(O)COCc1ccccc1)C(=O)c1ccc2c(c1)CCC2. The molecular formula is C21H25NO3. The Labute approximate surface area is 149 Å². The Morgan fingerprint density at radius 2 is 1.92 bits per heavy atom. The number of aryl methyl sites for hydroxylation is 2. The molecule has 1 aliphatic rings. The van der Waals surface area contributed by atoms with Gasteiger partial charge < -0.3 is 14.7 Å². The van der Waals surface area contributed by atoms with E-state index in [0.717, 1.165) is 18.4 Å². The van der Waals surface area contributed by atoms with Crippen molar-refractivity contribution in [3.05, 3.63) is 70.8 Å². The fourth-order valence-corrected chi connectivity index (χ4v) is 3.26. The van der Waals surface area contributed by atoms with Crippen molar-refractivity contribution >= 4 is 5.91 Å². The highest BCUT2D eigenvalue weighted by Gasteiger charge is 2.18. The van der Waals surface area contributed by atoms with Gasteiger partial charge in [-0.3, -0.25) is 4.79 Å². The van der Waals surface area contributed by atoms with E-state index >= 15 is 0 Å². The van der Waals surface area contributed by atoms with Gasteiger partial charge >= 0.3 is 0 Å². The molecule has 0 saturated heterocycles. The highest BCUT2D eigenvalue weighted by atomic mass is 16.5. The first-order chi connectivity index (χ1) is 12.1. The van der Waals surface area contributed by atoms with Crippen LogP contribution in [0.15, 0.2) is 48.5 Å². The predicted molar refractivity (Wildman–Crippen MR) is 97.5 cm³/mol. The van der Waals surface area contributed by atoms with Gasteiger partial charge in [-0.15, -0.1) is 0 Å². The van der Waals surface area contributed by atoms with Gasteiger partial charge in [0.05, 0.1) is 19.3 Å². The minimum Gasteiger partial charge on any atom is -0.389 e. The number of benzene rings is 2. The Morgan fingerprint density at radius 1 is 1.16 bits per heavy atom. The van der Waals surface area contributed by atoms with Crippen molar-refractivity contribution in [2.75, 3.05) is 20.2 Å². The van der Waals surface area contributed by atoms with E-state index in [1.165, 1.54) is 17.5 Å². The molecule has 25 heavy (non-hydrogen) atoms. The molecule has 2 aromatic rings. The molecule has 0 aliphatic heterocycles. The molecule has 0 heterocycles. The number of rotatable bonds is 7. The molecule has 1 amide bonds. The van der Waals surface area contributed by atoms with Gasteiger partial charge in [0.15, 0.2) is 0 Å². The van der Waals surface area contributed by atoms with Crippen molar-refractivity contribution in [2.45, 2.75) is 32.0 Å². The molecule has 132 valence electrons. The van der Waals surface area contributed by atoms with Gasteiger partial charge in [-0.1, -0.05) is 36.4 Å². The standard InChI is InChI=1S/C21H25NO3/c1-22(13-20(23)15-25-14-16-6-3-2-4-7-16)21(24)19-11-10-17-8-5-9-18(17)12-19/h2-4,6-7,10-12,20,23H,5,8-9,13-15H2,1H3. The third-order valence-electron chi connectivity index (χ3n) is 4.60. The predicted octanol–water partition coefficient (Wildman–Crippen LogP) is 2.83. The van der Waals surface area contributed by atoms with Crippen LogP contribution in [0.2, 0.25) is 0 Å². The van der Waals surface area contributed by atoms with E-state index < -0.39 is 6.10 Å². The van der Waals surface area contributed by atoms with Gasteiger partial charge in [0.1, 0.15) is 0 Å². The highest BCUT2D eigenvalue weighted by molar-refractivity contribution is 5.94. The molecule has 0 aromatic heterocycles. The number of ether oxygens (including phenoxy) is 1. The molecule has 3 rings (SSSR count). The summed E-state index contributed by atoms with van der Waals surface area (Å²) in [7, 11) is 1.72. The van der Waals surface area contributed by atoms with Crippen LogP contribution in [-0.2, 0) is 24.2 Å². The summed E-state index contributed by atoms with van der Waals surface area (Å²) in [6.45, 7) is 0.918. The molecule has 0 spiro atoms. The Kier molecular flexibility index (Phi) is 5.84. The average Bonchev–Trinajstić information content (AvgIpc) is 3.09. The summed E-state index contributed by atoms with van der Waals surface area (Å²) >= 11 is 0. The maximum Gasteiger partial charge on any atom is 0.253 e. The maximum absolute atomic E-state index is 12.5. The summed E-state index contributed by atoms with van der Waals surface area (Å²) in [5.74, 6) is -0.0585. The topological polar surface area (TPSA) is 49.8 Å². The second-order valence-electron chi connectivity index (χ2n) is 6.68. The maximum atomic E-state index is 12.5. The van der Waals surface area contributed by atoms with Gasteiger partial charge in [0.2, 0.25) is 0 Å². The van der Waals surface area contributed by atoms with Crippen LogP contribution in [0.25, 0.3) is 0 Å². The molecule has 1 unspecified atom stereocenters. The van der Waals surface area contributed by atoms with Crippen LogP contribution >= 0.6 is 0 Å². The second kappa shape index (κ2) is 8.28.